The molecule has 0 aliphatic rings. The highest BCUT2D eigenvalue weighted by Gasteiger charge is 2.06. The van der Waals surface area contributed by atoms with Crippen LogP contribution >= 0.6 is 11.8 Å². The topological polar surface area (TPSA) is 33.1 Å². The van der Waals surface area contributed by atoms with Crippen LogP contribution in [-0.4, -0.2) is 15.3 Å². The minimum Gasteiger partial charge on any atom is -0.387 e. The van der Waals surface area contributed by atoms with Crippen molar-refractivity contribution in [3.63, 3.8) is 0 Å². The maximum absolute atomic E-state index is 9.53. The average Bonchev–Trinajstić information content (AvgIpc) is 2.17. The maximum atomic E-state index is 9.53. The minimum absolute atomic E-state index is 0.423. The summed E-state index contributed by atoms with van der Waals surface area (Å²) in [6.07, 6.45) is 2.12. The lowest BCUT2D eigenvalue weighted by atomic mass is 10.2. The summed E-state index contributed by atoms with van der Waals surface area (Å²) in [6, 6.07) is 3.92. The standard InChI is InChI=1S/C11H17NOS/c1-4-11(13)10-6-5-9(7-12-10)14-8(2)3/h5-8,11,13H,4H2,1-3H3/t11-/m1/s1. The SMILES string of the molecule is CC[C@@H](O)c1ccc(SC(C)C)cn1. The van der Waals surface area contributed by atoms with E-state index in [2.05, 4.69) is 18.8 Å². The summed E-state index contributed by atoms with van der Waals surface area (Å²) in [4.78, 5) is 5.39. The number of pyridine rings is 1. The van der Waals surface area contributed by atoms with Crippen LogP contribution in [0.1, 0.15) is 39.0 Å². The number of aliphatic hydroxyl groups excluding tert-OH is 1. The first-order valence-corrected chi connectivity index (χ1v) is 5.82. The van der Waals surface area contributed by atoms with E-state index in [1.54, 1.807) is 11.8 Å². The van der Waals surface area contributed by atoms with Gasteiger partial charge in [0.25, 0.3) is 0 Å². The van der Waals surface area contributed by atoms with Crippen LogP contribution in [0.15, 0.2) is 23.2 Å². The third kappa shape index (κ3) is 3.31. The third-order valence-corrected chi connectivity index (χ3v) is 2.84. The van der Waals surface area contributed by atoms with Gasteiger partial charge in [-0.05, 0) is 18.6 Å². The van der Waals surface area contributed by atoms with Crippen molar-refractivity contribution in [3.8, 4) is 0 Å². The molecule has 14 heavy (non-hydrogen) atoms. The van der Waals surface area contributed by atoms with Gasteiger partial charge in [-0.2, -0.15) is 0 Å². The minimum atomic E-state index is -0.423. The molecule has 1 atom stereocenters. The van der Waals surface area contributed by atoms with Crippen molar-refractivity contribution < 1.29 is 5.11 Å². The number of rotatable bonds is 4. The molecule has 0 saturated carbocycles. The Morgan fingerprint density at radius 1 is 1.43 bits per heavy atom. The zero-order chi connectivity index (χ0) is 10.6. The Bertz CT molecular complexity index is 271. The molecule has 3 heteroatoms. The van der Waals surface area contributed by atoms with Gasteiger partial charge in [0.15, 0.2) is 0 Å². The highest BCUT2D eigenvalue weighted by molar-refractivity contribution is 7.99. The predicted octanol–water partition coefficient (Wildman–Crippen LogP) is 3.03. The molecule has 1 heterocycles. The van der Waals surface area contributed by atoms with Gasteiger partial charge in [-0.25, -0.2) is 0 Å². The van der Waals surface area contributed by atoms with E-state index in [4.69, 9.17) is 0 Å². The van der Waals surface area contributed by atoms with E-state index in [1.807, 2.05) is 25.3 Å². The fourth-order valence-electron chi connectivity index (χ4n) is 1.14. The summed E-state index contributed by atoms with van der Waals surface area (Å²) in [6.45, 7) is 6.25. The Labute approximate surface area is 89.8 Å². The molecule has 0 radical (unpaired) electrons. The Morgan fingerprint density at radius 2 is 2.14 bits per heavy atom. The van der Waals surface area contributed by atoms with E-state index in [-0.39, 0.29) is 0 Å². The van der Waals surface area contributed by atoms with Gasteiger partial charge in [0.05, 0.1) is 11.8 Å². The summed E-state index contributed by atoms with van der Waals surface area (Å²) in [7, 11) is 0. The number of hydrogen-bond donors (Lipinski definition) is 1. The summed E-state index contributed by atoms with van der Waals surface area (Å²) < 4.78 is 0. The molecule has 0 aliphatic carbocycles. The number of thioether (sulfide) groups is 1. The van der Waals surface area contributed by atoms with Crippen LogP contribution in [0.25, 0.3) is 0 Å². The number of nitrogens with zero attached hydrogens (tertiary/aromatic N) is 1. The molecule has 78 valence electrons. The van der Waals surface area contributed by atoms with Gasteiger partial charge in [0, 0.05) is 16.3 Å². The lowest BCUT2D eigenvalue weighted by Crippen LogP contribution is -1.98. The van der Waals surface area contributed by atoms with Gasteiger partial charge in [0.2, 0.25) is 0 Å². The van der Waals surface area contributed by atoms with Gasteiger partial charge in [-0.15, -0.1) is 11.8 Å². The molecule has 2 nitrogen and oxygen atoms in total. The van der Waals surface area contributed by atoms with E-state index in [0.717, 1.165) is 10.6 Å². The molecular formula is C11H17NOS. The highest BCUT2D eigenvalue weighted by atomic mass is 32.2. The molecule has 0 fully saturated rings. The van der Waals surface area contributed by atoms with Gasteiger partial charge in [-0.1, -0.05) is 20.8 Å². The zero-order valence-electron chi connectivity index (χ0n) is 8.90. The second-order valence-corrected chi connectivity index (χ2v) is 5.16. The normalized spacial score (nSPS) is 13.2. The first-order chi connectivity index (χ1) is 6.63. The fourth-order valence-corrected chi connectivity index (χ4v) is 1.94. The molecule has 1 aromatic rings. The molecule has 0 saturated heterocycles. The Hall–Kier alpha value is -0.540. The van der Waals surface area contributed by atoms with Crippen LogP contribution in [0.4, 0.5) is 0 Å². The first-order valence-electron chi connectivity index (χ1n) is 4.94. The molecule has 0 spiro atoms. The van der Waals surface area contributed by atoms with Crippen LogP contribution in [0.2, 0.25) is 0 Å². The van der Waals surface area contributed by atoms with E-state index in [0.29, 0.717) is 11.7 Å². The second-order valence-electron chi connectivity index (χ2n) is 3.51. The summed E-state index contributed by atoms with van der Waals surface area (Å²) >= 11 is 1.78. The molecule has 0 aromatic carbocycles. The van der Waals surface area contributed by atoms with Crippen molar-refractivity contribution in [2.24, 2.45) is 0 Å². The Kier molecular flexibility index (Phi) is 4.42. The second kappa shape index (κ2) is 5.37. The quantitative estimate of drug-likeness (QED) is 0.777. The predicted molar refractivity (Wildman–Crippen MR) is 60.5 cm³/mol. The summed E-state index contributed by atoms with van der Waals surface area (Å²) in [5.74, 6) is 0. The van der Waals surface area contributed by atoms with Gasteiger partial charge in [0.1, 0.15) is 0 Å². The molecule has 0 amide bonds. The van der Waals surface area contributed by atoms with Crippen LogP contribution < -0.4 is 0 Å². The van der Waals surface area contributed by atoms with Crippen molar-refractivity contribution in [2.45, 2.75) is 43.4 Å². The average molecular weight is 211 g/mol. The monoisotopic (exact) mass is 211 g/mol. The molecular weight excluding hydrogens is 194 g/mol. The van der Waals surface area contributed by atoms with Crippen LogP contribution in [0.5, 0.6) is 0 Å². The van der Waals surface area contributed by atoms with Gasteiger partial charge in [-0.3, -0.25) is 4.98 Å². The molecule has 0 aliphatic heterocycles. The highest BCUT2D eigenvalue weighted by Crippen LogP contribution is 2.23. The van der Waals surface area contributed by atoms with Crippen molar-refractivity contribution in [1.82, 2.24) is 4.98 Å². The van der Waals surface area contributed by atoms with E-state index in [9.17, 15) is 5.11 Å². The zero-order valence-corrected chi connectivity index (χ0v) is 9.71. The number of hydrogen-bond acceptors (Lipinski definition) is 3. The van der Waals surface area contributed by atoms with Crippen LogP contribution in [0.3, 0.4) is 0 Å². The summed E-state index contributed by atoms with van der Waals surface area (Å²) in [5, 5.41) is 10.1. The van der Waals surface area contributed by atoms with Crippen LogP contribution in [-0.2, 0) is 0 Å². The third-order valence-electron chi connectivity index (χ3n) is 1.86. The largest absolute Gasteiger partial charge is 0.387 e. The van der Waals surface area contributed by atoms with Crippen molar-refractivity contribution in [3.05, 3.63) is 24.0 Å². The number of aromatic nitrogens is 1. The van der Waals surface area contributed by atoms with Gasteiger partial charge >= 0.3 is 0 Å². The van der Waals surface area contributed by atoms with E-state index in [1.165, 1.54) is 0 Å². The fraction of sp³-hybridized carbons (Fsp3) is 0.545. The van der Waals surface area contributed by atoms with E-state index < -0.39 is 6.10 Å². The lowest BCUT2D eigenvalue weighted by Gasteiger charge is -2.08. The van der Waals surface area contributed by atoms with Crippen molar-refractivity contribution >= 4 is 11.8 Å². The van der Waals surface area contributed by atoms with E-state index >= 15 is 0 Å². The molecule has 1 aromatic heterocycles. The Morgan fingerprint density at radius 3 is 2.57 bits per heavy atom. The molecule has 0 unspecified atom stereocenters. The van der Waals surface area contributed by atoms with Gasteiger partial charge < -0.3 is 5.11 Å². The van der Waals surface area contributed by atoms with Crippen molar-refractivity contribution in [1.29, 1.82) is 0 Å². The van der Waals surface area contributed by atoms with Crippen LogP contribution in [0, 0.1) is 0 Å². The van der Waals surface area contributed by atoms with Crippen molar-refractivity contribution in [2.75, 3.05) is 0 Å². The lowest BCUT2D eigenvalue weighted by molar-refractivity contribution is 0.169. The maximum Gasteiger partial charge on any atom is 0.0957 e. The molecule has 1 N–H and O–H groups in total. The number of aliphatic hydroxyl groups is 1. The summed E-state index contributed by atoms with van der Waals surface area (Å²) in [5.41, 5.74) is 0.764. The smallest absolute Gasteiger partial charge is 0.0957 e. The first kappa shape index (κ1) is 11.5. The molecule has 1 rings (SSSR count). The molecule has 0 bridgehead atoms. The Balaban J connectivity index is 2.68.